The van der Waals surface area contributed by atoms with Crippen molar-refractivity contribution >= 4 is 38.4 Å². The lowest BCUT2D eigenvalue weighted by molar-refractivity contribution is 0.0996. The number of halogens is 1. The second-order valence-electron chi connectivity index (χ2n) is 9.29. The van der Waals surface area contributed by atoms with E-state index in [0.717, 1.165) is 89.7 Å². The second-order valence-corrected chi connectivity index (χ2v) is 10.2. The van der Waals surface area contributed by atoms with Crippen LogP contribution in [0.25, 0.3) is 16.7 Å². The molecular weight excluding hydrogens is 494 g/mol. The number of ether oxygens (including phenoxy) is 1. The second kappa shape index (κ2) is 10.2. The summed E-state index contributed by atoms with van der Waals surface area (Å²) < 4.78 is 13.4. The smallest absolute Gasteiger partial charge is 0.227 e. The maximum absolute atomic E-state index is 11.3. The molecule has 3 atom stereocenters. The van der Waals surface area contributed by atoms with Crippen molar-refractivity contribution in [3.05, 3.63) is 57.5 Å². The van der Waals surface area contributed by atoms with Gasteiger partial charge in [0.2, 0.25) is 5.71 Å². The maximum Gasteiger partial charge on any atom is 0.227 e. The molecule has 4 heterocycles. The summed E-state index contributed by atoms with van der Waals surface area (Å²) in [5, 5.41) is 15.4. The van der Waals surface area contributed by atoms with E-state index in [2.05, 4.69) is 50.3 Å². The molecule has 3 unspecified atom stereocenters. The Hall–Kier alpha value is -2.22. The Kier molecular flexibility index (Phi) is 7.04. The van der Waals surface area contributed by atoms with Gasteiger partial charge in [0, 0.05) is 52.6 Å². The minimum Gasteiger partial charge on any atom is -0.437 e. The Morgan fingerprint density at radius 2 is 2.03 bits per heavy atom. The van der Waals surface area contributed by atoms with Crippen LogP contribution in [0.3, 0.4) is 0 Å². The monoisotopic (exact) mass is 525 g/mol. The molecule has 1 saturated heterocycles. The third kappa shape index (κ3) is 4.53. The standard InChI is InChI=1S/C27H32BrN3O3/c1-3-20-22(32)10-7-16(6-9-19-5-4-12-33-19)24-21-13-18(28)15-31-27(21)34-26(24)25(20)17-8-11-23(29-2)30-14-17/h8,11,13-16,19,22,32H,3-7,9-10,12H2,1-2H3,(H,29,30). The van der Waals surface area contributed by atoms with E-state index < -0.39 is 6.10 Å². The molecule has 5 rings (SSSR count). The van der Waals surface area contributed by atoms with Crippen molar-refractivity contribution in [1.29, 1.82) is 0 Å². The van der Waals surface area contributed by atoms with E-state index in [4.69, 9.17) is 9.15 Å². The molecule has 0 saturated carbocycles. The van der Waals surface area contributed by atoms with E-state index >= 15 is 0 Å². The van der Waals surface area contributed by atoms with Crippen LogP contribution >= 0.6 is 15.9 Å². The summed E-state index contributed by atoms with van der Waals surface area (Å²) in [7, 11) is 1.86. The van der Waals surface area contributed by atoms with Gasteiger partial charge in [-0.1, -0.05) is 6.92 Å². The van der Waals surface area contributed by atoms with Crippen LogP contribution in [0.2, 0.25) is 0 Å². The average molecular weight is 526 g/mol. The highest BCUT2D eigenvalue weighted by Gasteiger charge is 2.33. The van der Waals surface area contributed by atoms with Crippen molar-refractivity contribution in [3.63, 3.8) is 0 Å². The fourth-order valence-corrected chi connectivity index (χ4v) is 5.85. The van der Waals surface area contributed by atoms with E-state index in [1.165, 1.54) is 5.56 Å². The molecule has 0 amide bonds. The van der Waals surface area contributed by atoms with Crippen molar-refractivity contribution in [3.8, 4) is 0 Å². The number of rotatable bonds is 6. The van der Waals surface area contributed by atoms with Crippen LogP contribution in [-0.2, 0) is 4.74 Å². The fourth-order valence-electron chi connectivity index (χ4n) is 5.52. The number of fused-ring (bicyclic) bond motifs is 3. The number of furan rings is 1. The zero-order valence-electron chi connectivity index (χ0n) is 19.8. The molecule has 180 valence electrons. The van der Waals surface area contributed by atoms with E-state index in [1.54, 1.807) is 6.20 Å². The predicted octanol–water partition coefficient (Wildman–Crippen LogP) is 6.44. The average Bonchev–Trinajstić information content (AvgIpc) is 3.49. The van der Waals surface area contributed by atoms with Crippen LogP contribution in [-0.4, -0.2) is 40.9 Å². The van der Waals surface area contributed by atoms with Crippen LogP contribution in [0.15, 0.2) is 45.1 Å². The van der Waals surface area contributed by atoms with Gasteiger partial charge >= 0.3 is 0 Å². The number of nitrogens with zero attached hydrogens (tertiary/aromatic N) is 2. The topological polar surface area (TPSA) is 80.4 Å². The highest BCUT2D eigenvalue weighted by atomic mass is 79.9. The van der Waals surface area contributed by atoms with Gasteiger partial charge in [-0.3, -0.25) is 0 Å². The molecule has 1 aliphatic carbocycles. The normalized spacial score (nSPS) is 23.1. The van der Waals surface area contributed by atoms with Gasteiger partial charge in [-0.25, -0.2) is 9.97 Å². The summed E-state index contributed by atoms with van der Waals surface area (Å²) in [6.07, 6.45) is 10.1. The van der Waals surface area contributed by atoms with Crippen LogP contribution < -0.4 is 5.32 Å². The Bertz CT molecular complexity index is 1180. The summed E-state index contributed by atoms with van der Waals surface area (Å²) >= 11 is 3.61. The van der Waals surface area contributed by atoms with Gasteiger partial charge in [0.05, 0.1) is 12.2 Å². The highest BCUT2D eigenvalue weighted by Crippen LogP contribution is 2.46. The van der Waals surface area contributed by atoms with Crippen molar-refractivity contribution in [1.82, 2.24) is 9.97 Å². The van der Waals surface area contributed by atoms with E-state index in [0.29, 0.717) is 11.8 Å². The molecule has 2 N–H and O–H groups in total. The molecule has 0 spiro atoms. The number of hydrogen-bond donors (Lipinski definition) is 2. The van der Waals surface area contributed by atoms with Gasteiger partial charge in [0.1, 0.15) is 11.6 Å². The van der Waals surface area contributed by atoms with Crippen molar-refractivity contribution in [2.24, 2.45) is 0 Å². The number of hydrogen-bond acceptors (Lipinski definition) is 6. The van der Waals surface area contributed by atoms with Gasteiger partial charge in [0.15, 0.2) is 0 Å². The summed E-state index contributed by atoms with van der Waals surface area (Å²) in [4.78, 5) is 9.16. The lowest BCUT2D eigenvalue weighted by Gasteiger charge is -2.27. The van der Waals surface area contributed by atoms with Gasteiger partial charge < -0.3 is 19.6 Å². The zero-order valence-corrected chi connectivity index (χ0v) is 21.4. The summed E-state index contributed by atoms with van der Waals surface area (Å²) in [5.74, 6) is 1.88. The maximum atomic E-state index is 11.3. The number of anilines is 1. The predicted molar refractivity (Wildman–Crippen MR) is 138 cm³/mol. The summed E-state index contributed by atoms with van der Waals surface area (Å²) in [6.45, 7) is 2.97. The van der Waals surface area contributed by atoms with E-state index in [1.807, 2.05) is 19.3 Å². The molecule has 0 radical (unpaired) electrons. The first-order chi connectivity index (χ1) is 16.6. The van der Waals surface area contributed by atoms with Crippen LogP contribution in [0.4, 0.5) is 5.82 Å². The first-order valence-electron chi connectivity index (χ1n) is 12.3. The van der Waals surface area contributed by atoms with E-state index in [9.17, 15) is 5.11 Å². The lowest BCUT2D eigenvalue weighted by atomic mass is 9.79. The number of pyridine rings is 2. The molecule has 0 aromatic carbocycles. The molecule has 2 aliphatic rings. The molecule has 6 nitrogen and oxygen atoms in total. The Balaban J connectivity index is 1.69. The molecule has 3 aromatic rings. The molecule has 34 heavy (non-hydrogen) atoms. The largest absolute Gasteiger partial charge is 0.437 e. The van der Waals surface area contributed by atoms with Crippen LogP contribution in [0.1, 0.15) is 74.7 Å². The first-order valence-corrected chi connectivity index (χ1v) is 13.1. The fraction of sp³-hybridized carbons (Fsp3) is 0.481. The highest BCUT2D eigenvalue weighted by molar-refractivity contribution is 9.10. The number of nitrogens with one attached hydrogen (secondary N) is 1. The SMILES string of the molecule is CCC1=C(c2ccc(NC)nc2)c2oc3ncc(Br)cc3c2C(CCC2CCCO2)CCC1O. The third-order valence-electron chi connectivity index (χ3n) is 7.25. The number of aromatic nitrogens is 2. The van der Waals surface area contributed by atoms with Gasteiger partial charge in [-0.05, 0) is 90.6 Å². The molecule has 1 aliphatic heterocycles. The van der Waals surface area contributed by atoms with Crippen molar-refractivity contribution in [2.75, 3.05) is 19.0 Å². The van der Waals surface area contributed by atoms with Crippen LogP contribution in [0, 0.1) is 0 Å². The van der Waals surface area contributed by atoms with Crippen molar-refractivity contribution in [2.45, 2.75) is 70.0 Å². The molecule has 3 aromatic heterocycles. The molecule has 0 bridgehead atoms. The number of aliphatic hydroxyl groups excluding tert-OH is 1. The van der Waals surface area contributed by atoms with Crippen molar-refractivity contribution < 1.29 is 14.3 Å². The van der Waals surface area contributed by atoms with Gasteiger partial charge in [0.25, 0.3) is 0 Å². The van der Waals surface area contributed by atoms with Gasteiger partial charge in [-0.15, -0.1) is 0 Å². The minimum absolute atomic E-state index is 0.254. The Labute approximate surface area is 209 Å². The Morgan fingerprint density at radius 3 is 2.74 bits per heavy atom. The summed E-state index contributed by atoms with van der Waals surface area (Å²) in [6, 6.07) is 6.14. The molecule has 1 fully saturated rings. The molecular formula is C27H32BrN3O3. The lowest BCUT2D eigenvalue weighted by Crippen LogP contribution is -2.19. The van der Waals surface area contributed by atoms with E-state index in [-0.39, 0.29) is 5.92 Å². The van der Waals surface area contributed by atoms with Gasteiger partial charge in [-0.2, -0.15) is 0 Å². The first kappa shape index (κ1) is 23.5. The quantitative estimate of drug-likeness (QED) is 0.385. The number of aliphatic hydroxyl groups is 1. The zero-order chi connectivity index (χ0) is 23.7. The molecule has 7 heteroatoms. The summed E-state index contributed by atoms with van der Waals surface area (Å²) in [5.41, 5.74) is 4.74. The van der Waals surface area contributed by atoms with Crippen LogP contribution in [0.5, 0.6) is 0 Å². The third-order valence-corrected chi connectivity index (χ3v) is 7.68. The minimum atomic E-state index is -0.518. The Morgan fingerprint density at radius 1 is 1.15 bits per heavy atom.